The van der Waals surface area contributed by atoms with Crippen LogP contribution in [0, 0.1) is 0 Å². The quantitative estimate of drug-likeness (QED) is 0.530. The molecule has 1 aromatic heterocycles. The molecule has 1 amide bonds. The van der Waals surface area contributed by atoms with Crippen molar-refractivity contribution in [3.05, 3.63) is 88.3 Å². The van der Waals surface area contributed by atoms with Gasteiger partial charge in [-0.1, -0.05) is 72.3 Å². The summed E-state index contributed by atoms with van der Waals surface area (Å²) in [5.74, 6) is -0.0729. The number of hydrogen-bond donors (Lipinski definition) is 1. The normalized spacial score (nSPS) is 17.6. The van der Waals surface area contributed by atoms with Crippen molar-refractivity contribution in [2.45, 2.75) is 35.4 Å². The molecule has 8 heteroatoms. The molecule has 2 heterocycles. The minimum atomic E-state index is -3.63. The SMILES string of the molecule is CC(NC(=O)C1(c2ccccc2)CCN(S(=O)(=O)c2ccc(Cl)s2)CC1)c1ccccc1. The van der Waals surface area contributed by atoms with Gasteiger partial charge >= 0.3 is 0 Å². The second kappa shape index (κ2) is 9.35. The van der Waals surface area contributed by atoms with Gasteiger partial charge in [-0.2, -0.15) is 4.31 Å². The molecule has 0 aliphatic carbocycles. The molecule has 1 aliphatic heterocycles. The van der Waals surface area contributed by atoms with E-state index < -0.39 is 15.4 Å². The van der Waals surface area contributed by atoms with Gasteiger partial charge in [0.25, 0.3) is 10.0 Å². The third-order valence-electron chi connectivity index (χ3n) is 6.13. The van der Waals surface area contributed by atoms with Gasteiger partial charge in [0.15, 0.2) is 0 Å². The molecule has 0 saturated carbocycles. The highest BCUT2D eigenvalue weighted by atomic mass is 35.5. The summed E-state index contributed by atoms with van der Waals surface area (Å²) in [5, 5.41) is 3.17. The molecule has 0 radical (unpaired) electrons. The molecule has 5 nitrogen and oxygen atoms in total. The van der Waals surface area contributed by atoms with E-state index in [1.807, 2.05) is 67.6 Å². The first-order valence-electron chi connectivity index (χ1n) is 10.5. The first-order chi connectivity index (χ1) is 15.3. The Kier molecular flexibility index (Phi) is 6.72. The summed E-state index contributed by atoms with van der Waals surface area (Å²) in [5.41, 5.74) is 1.15. The zero-order chi connectivity index (χ0) is 22.8. The first kappa shape index (κ1) is 23.0. The Hall–Kier alpha value is -2.19. The number of amides is 1. The fourth-order valence-electron chi connectivity index (χ4n) is 4.24. The maximum absolute atomic E-state index is 13.6. The highest BCUT2D eigenvalue weighted by Crippen LogP contribution is 2.39. The summed E-state index contributed by atoms with van der Waals surface area (Å²) >= 11 is 7.01. The van der Waals surface area contributed by atoms with E-state index in [9.17, 15) is 13.2 Å². The van der Waals surface area contributed by atoms with E-state index in [2.05, 4.69) is 5.32 Å². The number of sulfonamides is 1. The molecule has 1 atom stereocenters. The Labute approximate surface area is 198 Å². The van der Waals surface area contributed by atoms with Crippen molar-refractivity contribution in [3.8, 4) is 0 Å². The minimum absolute atomic E-state index is 0.0729. The molecule has 1 unspecified atom stereocenters. The van der Waals surface area contributed by atoms with Crippen molar-refractivity contribution >= 4 is 38.9 Å². The fourth-order valence-corrected chi connectivity index (χ4v) is 7.31. The summed E-state index contributed by atoms with van der Waals surface area (Å²) in [6.07, 6.45) is 0.811. The van der Waals surface area contributed by atoms with Crippen LogP contribution in [0.25, 0.3) is 0 Å². The molecule has 1 N–H and O–H groups in total. The topological polar surface area (TPSA) is 66.5 Å². The standard InChI is InChI=1S/C24H25ClN2O3S2/c1-18(19-8-4-2-5-9-19)26-23(28)24(20-10-6-3-7-11-20)14-16-27(17-15-24)32(29,30)22-13-12-21(25)31-22/h2-13,18H,14-17H2,1H3,(H,26,28). The summed E-state index contributed by atoms with van der Waals surface area (Å²) in [7, 11) is -3.63. The van der Waals surface area contributed by atoms with Gasteiger partial charge in [0.1, 0.15) is 4.21 Å². The van der Waals surface area contributed by atoms with Crippen LogP contribution in [-0.4, -0.2) is 31.7 Å². The molecule has 1 aliphatic rings. The van der Waals surface area contributed by atoms with Gasteiger partial charge in [0.05, 0.1) is 15.8 Å². The number of nitrogens with zero attached hydrogens (tertiary/aromatic N) is 1. The van der Waals surface area contributed by atoms with Gasteiger partial charge in [-0.3, -0.25) is 4.79 Å². The largest absolute Gasteiger partial charge is 0.349 e. The third-order valence-corrected chi connectivity index (χ3v) is 9.72. The lowest BCUT2D eigenvalue weighted by Crippen LogP contribution is -2.53. The van der Waals surface area contributed by atoms with Crippen LogP contribution < -0.4 is 5.32 Å². The second-order valence-corrected chi connectivity index (χ2v) is 11.9. The molecule has 2 aromatic carbocycles. The van der Waals surface area contributed by atoms with Gasteiger partial charge in [0.2, 0.25) is 5.91 Å². The molecule has 32 heavy (non-hydrogen) atoms. The molecule has 0 bridgehead atoms. The lowest BCUT2D eigenvalue weighted by molar-refractivity contribution is -0.129. The fraction of sp³-hybridized carbons (Fsp3) is 0.292. The maximum atomic E-state index is 13.6. The summed E-state index contributed by atoms with van der Waals surface area (Å²) in [6.45, 7) is 2.49. The number of piperidine rings is 1. The van der Waals surface area contributed by atoms with Crippen LogP contribution in [0.3, 0.4) is 0 Å². The molecular weight excluding hydrogens is 464 g/mol. The Morgan fingerprint density at radius 3 is 2.16 bits per heavy atom. The number of nitrogens with one attached hydrogen (secondary N) is 1. The predicted octanol–water partition coefficient (Wildman–Crippen LogP) is 5.00. The monoisotopic (exact) mass is 488 g/mol. The van der Waals surface area contributed by atoms with Crippen molar-refractivity contribution in [3.63, 3.8) is 0 Å². The zero-order valence-electron chi connectivity index (χ0n) is 17.7. The van der Waals surface area contributed by atoms with E-state index in [4.69, 9.17) is 11.6 Å². The Balaban J connectivity index is 1.58. The molecular formula is C24H25ClN2O3S2. The lowest BCUT2D eigenvalue weighted by atomic mass is 9.72. The molecule has 1 fully saturated rings. The van der Waals surface area contributed by atoms with Crippen LogP contribution in [0.1, 0.15) is 36.9 Å². The highest BCUT2D eigenvalue weighted by Gasteiger charge is 2.45. The first-order valence-corrected chi connectivity index (χ1v) is 13.1. The number of thiophene rings is 1. The third kappa shape index (κ3) is 4.48. The number of halogens is 1. The molecule has 0 spiro atoms. The van der Waals surface area contributed by atoms with Crippen LogP contribution in [0.15, 0.2) is 77.0 Å². The van der Waals surface area contributed by atoms with Gasteiger partial charge in [-0.15, -0.1) is 11.3 Å². The summed E-state index contributed by atoms with van der Waals surface area (Å²) in [6, 6.07) is 22.5. The number of hydrogen-bond acceptors (Lipinski definition) is 4. The van der Waals surface area contributed by atoms with Gasteiger partial charge in [-0.25, -0.2) is 8.42 Å². The van der Waals surface area contributed by atoms with E-state index in [1.54, 1.807) is 6.07 Å². The van der Waals surface area contributed by atoms with Crippen molar-refractivity contribution in [2.75, 3.05) is 13.1 Å². The van der Waals surface area contributed by atoms with Crippen molar-refractivity contribution in [1.29, 1.82) is 0 Å². The van der Waals surface area contributed by atoms with E-state index in [1.165, 1.54) is 10.4 Å². The van der Waals surface area contributed by atoms with E-state index >= 15 is 0 Å². The van der Waals surface area contributed by atoms with Crippen LogP contribution in [0.2, 0.25) is 4.34 Å². The van der Waals surface area contributed by atoms with Crippen LogP contribution in [0.4, 0.5) is 0 Å². The Morgan fingerprint density at radius 1 is 1.00 bits per heavy atom. The summed E-state index contributed by atoms with van der Waals surface area (Å²) in [4.78, 5) is 13.6. The van der Waals surface area contributed by atoms with Gasteiger partial charge in [-0.05, 0) is 43.0 Å². The minimum Gasteiger partial charge on any atom is -0.349 e. The predicted molar refractivity (Wildman–Crippen MR) is 128 cm³/mol. The van der Waals surface area contributed by atoms with Crippen molar-refractivity contribution in [2.24, 2.45) is 0 Å². The second-order valence-electron chi connectivity index (χ2n) is 8.02. The van der Waals surface area contributed by atoms with E-state index in [-0.39, 0.29) is 29.2 Å². The zero-order valence-corrected chi connectivity index (χ0v) is 20.1. The van der Waals surface area contributed by atoms with Crippen LogP contribution in [0.5, 0.6) is 0 Å². The smallest absolute Gasteiger partial charge is 0.252 e. The number of carbonyl (C=O) groups is 1. The van der Waals surface area contributed by atoms with E-state index in [0.29, 0.717) is 17.2 Å². The summed E-state index contributed by atoms with van der Waals surface area (Å²) < 4.78 is 28.2. The van der Waals surface area contributed by atoms with Gasteiger partial charge in [0, 0.05) is 13.1 Å². The average molecular weight is 489 g/mol. The van der Waals surface area contributed by atoms with Crippen LogP contribution >= 0.6 is 22.9 Å². The molecule has 1 saturated heterocycles. The van der Waals surface area contributed by atoms with E-state index in [0.717, 1.165) is 22.5 Å². The highest BCUT2D eigenvalue weighted by molar-refractivity contribution is 7.91. The van der Waals surface area contributed by atoms with Crippen molar-refractivity contribution < 1.29 is 13.2 Å². The van der Waals surface area contributed by atoms with Crippen molar-refractivity contribution in [1.82, 2.24) is 9.62 Å². The van der Waals surface area contributed by atoms with Crippen LogP contribution in [-0.2, 0) is 20.2 Å². The number of carbonyl (C=O) groups excluding carboxylic acids is 1. The maximum Gasteiger partial charge on any atom is 0.252 e. The number of rotatable bonds is 6. The molecule has 3 aromatic rings. The molecule has 4 rings (SSSR count). The molecule has 168 valence electrons. The van der Waals surface area contributed by atoms with Gasteiger partial charge < -0.3 is 5.32 Å². The lowest BCUT2D eigenvalue weighted by Gasteiger charge is -2.41. The number of benzene rings is 2. The Morgan fingerprint density at radius 2 is 1.59 bits per heavy atom. The Bertz CT molecular complexity index is 1170. The average Bonchev–Trinajstić information content (AvgIpc) is 3.27.